The lowest BCUT2D eigenvalue weighted by Crippen LogP contribution is -2.05. The third-order valence-electron chi connectivity index (χ3n) is 4.09. The first-order chi connectivity index (χ1) is 14.1. The summed E-state index contributed by atoms with van der Waals surface area (Å²) in [6.07, 6.45) is 5.23. The Labute approximate surface area is 179 Å². The Morgan fingerprint density at radius 3 is 2.48 bits per heavy atom. The summed E-state index contributed by atoms with van der Waals surface area (Å²) in [5, 5.41) is 10.3. The van der Waals surface area contributed by atoms with E-state index in [9.17, 15) is 5.26 Å². The number of benzene rings is 1. The second kappa shape index (κ2) is 9.92. The fourth-order valence-electron chi connectivity index (χ4n) is 2.61. The van der Waals surface area contributed by atoms with Crippen molar-refractivity contribution in [3.63, 3.8) is 0 Å². The Kier molecular flexibility index (Phi) is 7.07. The first kappa shape index (κ1) is 20.7. The topological polar surface area (TPSA) is 68.0 Å². The summed E-state index contributed by atoms with van der Waals surface area (Å²) in [6, 6.07) is 15.5. The molecule has 0 saturated heterocycles. The Hall–Kier alpha value is -3.07. The second-order valence-corrected chi connectivity index (χ2v) is 6.79. The summed E-state index contributed by atoms with van der Waals surface area (Å²) in [5.41, 5.74) is 2.37. The molecule has 0 fully saturated rings. The van der Waals surface area contributed by atoms with Gasteiger partial charge in [0.25, 0.3) is 5.88 Å². The molecule has 0 aliphatic heterocycles. The van der Waals surface area contributed by atoms with Crippen LogP contribution in [0.1, 0.15) is 16.8 Å². The average molecular weight is 426 g/mol. The minimum Gasteiger partial charge on any atom is -0.491 e. The standard InChI is InChI=1S/C22H17Cl2N3O2/c1-28-21-8-7-20(16(12-25)11-17-18(23)13-26-14-19(17)24)27-22(21)29-10-9-15-5-3-2-4-6-15/h2-8,11,13-14H,9-10H2,1H3. The summed E-state index contributed by atoms with van der Waals surface area (Å²) >= 11 is 12.3. The largest absolute Gasteiger partial charge is 0.491 e. The van der Waals surface area contributed by atoms with Crippen molar-refractivity contribution in [3.8, 4) is 17.7 Å². The smallest absolute Gasteiger partial charge is 0.257 e. The third kappa shape index (κ3) is 5.26. The number of aromatic nitrogens is 2. The van der Waals surface area contributed by atoms with E-state index < -0.39 is 0 Å². The normalized spacial score (nSPS) is 11.0. The van der Waals surface area contributed by atoms with Crippen LogP contribution in [0.4, 0.5) is 0 Å². The van der Waals surface area contributed by atoms with E-state index in [1.807, 2.05) is 30.3 Å². The van der Waals surface area contributed by atoms with Gasteiger partial charge in [0.2, 0.25) is 0 Å². The van der Waals surface area contributed by atoms with Gasteiger partial charge >= 0.3 is 0 Å². The molecule has 0 atom stereocenters. The van der Waals surface area contributed by atoms with E-state index >= 15 is 0 Å². The first-order valence-electron chi connectivity index (χ1n) is 8.75. The van der Waals surface area contributed by atoms with Crippen molar-refractivity contribution < 1.29 is 9.47 Å². The highest BCUT2D eigenvalue weighted by Crippen LogP contribution is 2.30. The Morgan fingerprint density at radius 2 is 1.83 bits per heavy atom. The van der Waals surface area contributed by atoms with Gasteiger partial charge in [0, 0.05) is 24.4 Å². The number of halogens is 2. The van der Waals surface area contributed by atoms with Gasteiger partial charge in [0.05, 0.1) is 35.0 Å². The van der Waals surface area contributed by atoms with E-state index in [-0.39, 0.29) is 5.57 Å². The molecule has 5 nitrogen and oxygen atoms in total. The van der Waals surface area contributed by atoms with Gasteiger partial charge < -0.3 is 9.47 Å². The quantitative estimate of drug-likeness (QED) is 0.468. The molecule has 0 unspecified atom stereocenters. The molecule has 0 N–H and O–H groups in total. The fourth-order valence-corrected chi connectivity index (χ4v) is 3.09. The number of allylic oxidation sites excluding steroid dienone is 1. The van der Waals surface area contributed by atoms with Crippen molar-refractivity contribution >= 4 is 34.9 Å². The lowest BCUT2D eigenvalue weighted by molar-refractivity contribution is 0.285. The molecular weight excluding hydrogens is 409 g/mol. The van der Waals surface area contributed by atoms with E-state index in [4.69, 9.17) is 32.7 Å². The molecular formula is C22H17Cl2N3O2. The fraction of sp³-hybridized carbons (Fsp3) is 0.136. The summed E-state index contributed by atoms with van der Waals surface area (Å²) < 4.78 is 11.2. The molecule has 0 aliphatic carbocycles. The van der Waals surface area contributed by atoms with Gasteiger partial charge in [-0.15, -0.1) is 0 Å². The predicted octanol–water partition coefficient (Wildman–Crippen LogP) is 5.48. The lowest BCUT2D eigenvalue weighted by Gasteiger charge is -2.11. The SMILES string of the molecule is COc1ccc(C(C#N)=Cc2c(Cl)cncc2Cl)nc1OCCc1ccccc1. The number of hydrogen-bond acceptors (Lipinski definition) is 5. The number of nitriles is 1. The molecule has 146 valence electrons. The molecule has 7 heteroatoms. The molecule has 0 saturated carbocycles. The van der Waals surface area contributed by atoms with Crippen molar-refractivity contribution in [1.82, 2.24) is 9.97 Å². The number of pyridine rings is 2. The summed E-state index contributed by atoms with van der Waals surface area (Å²) in [7, 11) is 1.54. The van der Waals surface area contributed by atoms with Gasteiger partial charge in [-0.2, -0.15) is 5.26 Å². The van der Waals surface area contributed by atoms with Crippen LogP contribution in [0.3, 0.4) is 0 Å². The maximum absolute atomic E-state index is 9.63. The van der Waals surface area contributed by atoms with E-state index in [2.05, 4.69) is 16.0 Å². The van der Waals surface area contributed by atoms with Crippen LogP contribution in [0.25, 0.3) is 11.6 Å². The predicted molar refractivity (Wildman–Crippen MR) is 114 cm³/mol. The van der Waals surface area contributed by atoms with Crippen LogP contribution in [0, 0.1) is 11.3 Å². The second-order valence-electron chi connectivity index (χ2n) is 5.97. The molecule has 0 aliphatic rings. The Morgan fingerprint density at radius 1 is 1.10 bits per heavy atom. The number of methoxy groups -OCH3 is 1. The van der Waals surface area contributed by atoms with Gasteiger partial charge in [-0.1, -0.05) is 53.5 Å². The number of hydrogen-bond donors (Lipinski definition) is 0. The summed E-state index contributed by atoms with van der Waals surface area (Å²) in [5.74, 6) is 0.799. The highest BCUT2D eigenvalue weighted by molar-refractivity contribution is 6.37. The Balaban J connectivity index is 1.86. The van der Waals surface area contributed by atoms with E-state index in [0.717, 1.165) is 12.0 Å². The zero-order chi connectivity index (χ0) is 20.6. The van der Waals surface area contributed by atoms with Gasteiger partial charge in [-0.3, -0.25) is 4.98 Å². The molecule has 29 heavy (non-hydrogen) atoms. The molecule has 0 amide bonds. The minimum atomic E-state index is 0.288. The van der Waals surface area contributed by atoms with Crippen LogP contribution in [0.15, 0.2) is 54.9 Å². The summed E-state index contributed by atoms with van der Waals surface area (Å²) in [6.45, 7) is 0.421. The van der Waals surface area contributed by atoms with Gasteiger partial charge in [-0.25, -0.2) is 4.98 Å². The third-order valence-corrected chi connectivity index (χ3v) is 4.70. The van der Waals surface area contributed by atoms with E-state index in [0.29, 0.717) is 39.5 Å². The molecule has 0 spiro atoms. The van der Waals surface area contributed by atoms with Crippen molar-refractivity contribution in [2.75, 3.05) is 13.7 Å². The molecule has 2 heterocycles. The molecule has 0 bridgehead atoms. The van der Waals surface area contributed by atoms with Crippen LogP contribution >= 0.6 is 23.2 Å². The molecule has 2 aromatic heterocycles. The van der Waals surface area contributed by atoms with Crippen LogP contribution in [-0.2, 0) is 6.42 Å². The summed E-state index contributed by atoms with van der Waals surface area (Å²) in [4.78, 5) is 8.38. The number of ether oxygens (including phenoxy) is 2. The number of rotatable bonds is 7. The van der Waals surface area contributed by atoms with Crippen LogP contribution in [0.2, 0.25) is 10.0 Å². The lowest BCUT2D eigenvalue weighted by atomic mass is 10.1. The van der Waals surface area contributed by atoms with Gasteiger partial charge in [0.1, 0.15) is 6.07 Å². The average Bonchev–Trinajstić information content (AvgIpc) is 2.74. The molecule has 3 rings (SSSR count). The molecule has 3 aromatic rings. The monoisotopic (exact) mass is 425 g/mol. The molecule has 1 aromatic carbocycles. The van der Waals surface area contributed by atoms with E-state index in [1.165, 1.54) is 19.5 Å². The van der Waals surface area contributed by atoms with Crippen molar-refractivity contribution in [1.29, 1.82) is 5.26 Å². The van der Waals surface area contributed by atoms with Crippen LogP contribution in [0.5, 0.6) is 11.6 Å². The highest BCUT2D eigenvalue weighted by Gasteiger charge is 2.13. The minimum absolute atomic E-state index is 0.288. The maximum atomic E-state index is 9.63. The Bertz CT molecular complexity index is 1040. The van der Waals surface area contributed by atoms with E-state index in [1.54, 1.807) is 18.2 Å². The van der Waals surface area contributed by atoms with Crippen LogP contribution in [-0.4, -0.2) is 23.7 Å². The molecule has 0 radical (unpaired) electrons. The maximum Gasteiger partial charge on any atom is 0.257 e. The van der Waals surface area contributed by atoms with Gasteiger partial charge in [0.15, 0.2) is 5.75 Å². The van der Waals surface area contributed by atoms with Crippen molar-refractivity contribution in [3.05, 3.63) is 81.7 Å². The van der Waals surface area contributed by atoms with Crippen molar-refractivity contribution in [2.45, 2.75) is 6.42 Å². The van der Waals surface area contributed by atoms with Gasteiger partial charge in [-0.05, 0) is 23.8 Å². The highest BCUT2D eigenvalue weighted by atomic mass is 35.5. The van der Waals surface area contributed by atoms with Crippen LogP contribution < -0.4 is 9.47 Å². The first-order valence-corrected chi connectivity index (χ1v) is 9.51. The number of nitrogens with zero attached hydrogens (tertiary/aromatic N) is 3. The zero-order valence-corrected chi connectivity index (χ0v) is 17.1. The zero-order valence-electron chi connectivity index (χ0n) is 15.6. The van der Waals surface area contributed by atoms with Crippen molar-refractivity contribution in [2.24, 2.45) is 0 Å².